The van der Waals surface area contributed by atoms with E-state index in [4.69, 9.17) is 5.11 Å². The first-order valence-electron chi connectivity index (χ1n) is 5.12. The fraction of sp³-hybridized carbons (Fsp3) is 0.900. The van der Waals surface area contributed by atoms with Crippen molar-refractivity contribution in [3.05, 3.63) is 0 Å². The Morgan fingerprint density at radius 1 is 1.53 bits per heavy atom. The van der Waals surface area contributed by atoms with Crippen LogP contribution in [0, 0.1) is 0 Å². The largest absolute Gasteiger partial charge is 0.467 e. The third kappa shape index (κ3) is 5.11. The zero-order valence-corrected chi connectivity index (χ0v) is 9.69. The minimum absolute atomic E-state index is 0.108. The van der Waals surface area contributed by atoms with E-state index in [9.17, 15) is 9.90 Å². The number of nitrogens with zero attached hydrogens (tertiary/aromatic N) is 1. The van der Waals surface area contributed by atoms with E-state index < -0.39 is 11.6 Å². The standard InChI is InChI=1S/C10H21NO4/c1-4-11(6-5-7-12)8-10(2,14)9(13)15-3/h12,14H,4-8H2,1-3H3. The number of hydrogen-bond donors (Lipinski definition) is 2. The summed E-state index contributed by atoms with van der Waals surface area (Å²) in [4.78, 5) is 13.1. The molecule has 0 aromatic rings. The normalized spacial score (nSPS) is 15.1. The molecule has 5 heteroatoms. The summed E-state index contributed by atoms with van der Waals surface area (Å²) < 4.78 is 4.50. The van der Waals surface area contributed by atoms with Gasteiger partial charge in [-0.05, 0) is 19.9 Å². The summed E-state index contributed by atoms with van der Waals surface area (Å²) in [5.41, 5.74) is -1.49. The summed E-state index contributed by atoms with van der Waals surface area (Å²) in [5, 5.41) is 18.5. The molecule has 0 heterocycles. The van der Waals surface area contributed by atoms with Crippen molar-refractivity contribution in [3.63, 3.8) is 0 Å². The molecule has 90 valence electrons. The number of aliphatic hydroxyl groups excluding tert-OH is 1. The van der Waals surface area contributed by atoms with Gasteiger partial charge in [0.1, 0.15) is 0 Å². The lowest BCUT2D eigenvalue weighted by atomic mass is 10.1. The summed E-state index contributed by atoms with van der Waals surface area (Å²) in [6.07, 6.45) is 0.630. The zero-order chi connectivity index (χ0) is 11.9. The Morgan fingerprint density at radius 2 is 2.13 bits per heavy atom. The van der Waals surface area contributed by atoms with Crippen molar-refractivity contribution in [1.82, 2.24) is 4.90 Å². The average Bonchev–Trinajstić information content (AvgIpc) is 2.22. The van der Waals surface area contributed by atoms with E-state index >= 15 is 0 Å². The van der Waals surface area contributed by atoms with Gasteiger partial charge in [-0.2, -0.15) is 0 Å². The second kappa shape index (κ2) is 6.76. The maximum atomic E-state index is 11.2. The van der Waals surface area contributed by atoms with Gasteiger partial charge in [-0.25, -0.2) is 4.79 Å². The van der Waals surface area contributed by atoms with E-state index in [2.05, 4.69) is 4.74 Å². The molecule has 0 saturated heterocycles. The number of hydrogen-bond acceptors (Lipinski definition) is 5. The van der Waals surface area contributed by atoms with Crippen molar-refractivity contribution < 1.29 is 19.7 Å². The van der Waals surface area contributed by atoms with E-state index in [1.165, 1.54) is 14.0 Å². The Bertz CT molecular complexity index is 194. The summed E-state index contributed by atoms with van der Waals surface area (Å²) in [6.45, 7) is 5.06. The fourth-order valence-electron chi connectivity index (χ4n) is 1.36. The lowest BCUT2D eigenvalue weighted by molar-refractivity contribution is -0.162. The van der Waals surface area contributed by atoms with Crippen LogP contribution in [0.15, 0.2) is 0 Å². The quantitative estimate of drug-likeness (QED) is 0.571. The van der Waals surface area contributed by atoms with Crippen molar-refractivity contribution in [2.75, 3.05) is 33.4 Å². The molecular weight excluding hydrogens is 198 g/mol. The monoisotopic (exact) mass is 219 g/mol. The molecule has 0 aliphatic rings. The van der Waals surface area contributed by atoms with Crippen LogP contribution in [0.2, 0.25) is 0 Å². The molecule has 15 heavy (non-hydrogen) atoms. The molecule has 0 aliphatic heterocycles. The number of methoxy groups -OCH3 is 1. The van der Waals surface area contributed by atoms with Crippen molar-refractivity contribution in [2.24, 2.45) is 0 Å². The molecular formula is C10H21NO4. The molecule has 2 N–H and O–H groups in total. The van der Waals surface area contributed by atoms with Gasteiger partial charge in [-0.15, -0.1) is 0 Å². The molecule has 1 atom stereocenters. The van der Waals surface area contributed by atoms with Crippen molar-refractivity contribution in [1.29, 1.82) is 0 Å². The third-order valence-electron chi connectivity index (χ3n) is 2.24. The first-order chi connectivity index (χ1) is 6.97. The number of rotatable bonds is 7. The van der Waals surface area contributed by atoms with Gasteiger partial charge >= 0.3 is 5.97 Å². The van der Waals surface area contributed by atoms with Crippen LogP contribution in [0.1, 0.15) is 20.3 Å². The van der Waals surface area contributed by atoms with E-state index in [1.54, 1.807) is 0 Å². The van der Waals surface area contributed by atoms with Crippen LogP contribution < -0.4 is 0 Å². The van der Waals surface area contributed by atoms with E-state index in [-0.39, 0.29) is 13.2 Å². The minimum Gasteiger partial charge on any atom is -0.467 e. The highest BCUT2D eigenvalue weighted by atomic mass is 16.5. The molecule has 0 aliphatic carbocycles. The van der Waals surface area contributed by atoms with Gasteiger partial charge in [0, 0.05) is 19.7 Å². The van der Waals surface area contributed by atoms with Crippen LogP contribution in [0.25, 0.3) is 0 Å². The predicted octanol–water partition coefficient (Wildman–Crippen LogP) is -0.385. The lowest BCUT2D eigenvalue weighted by Gasteiger charge is -2.28. The van der Waals surface area contributed by atoms with E-state index in [0.29, 0.717) is 19.5 Å². The molecule has 5 nitrogen and oxygen atoms in total. The molecule has 0 spiro atoms. The number of carbonyl (C=O) groups excluding carboxylic acids is 1. The second-order valence-electron chi connectivity index (χ2n) is 3.71. The number of aliphatic hydroxyl groups is 2. The molecule has 0 aromatic heterocycles. The first-order valence-corrected chi connectivity index (χ1v) is 5.12. The number of carbonyl (C=O) groups is 1. The minimum atomic E-state index is -1.49. The van der Waals surface area contributed by atoms with E-state index in [0.717, 1.165) is 0 Å². The Hall–Kier alpha value is -0.650. The lowest BCUT2D eigenvalue weighted by Crippen LogP contribution is -2.47. The number of likely N-dealkylation sites (N-methyl/N-ethyl adjacent to an activating group) is 1. The summed E-state index contributed by atoms with van der Waals surface area (Å²) in [7, 11) is 1.25. The van der Waals surface area contributed by atoms with Crippen molar-refractivity contribution >= 4 is 5.97 Å². The smallest absolute Gasteiger partial charge is 0.338 e. The second-order valence-corrected chi connectivity index (χ2v) is 3.71. The van der Waals surface area contributed by atoms with Crippen LogP contribution in [-0.4, -0.2) is 60.0 Å². The maximum absolute atomic E-state index is 11.2. The summed E-state index contributed by atoms with van der Waals surface area (Å²) in [6, 6.07) is 0. The van der Waals surface area contributed by atoms with Gasteiger partial charge in [-0.3, -0.25) is 0 Å². The third-order valence-corrected chi connectivity index (χ3v) is 2.24. The zero-order valence-electron chi connectivity index (χ0n) is 9.69. The average molecular weight is 219 g/mol. The van der Waals surface area contributed by atoms with Gasteiger partial charge in [0.05, 0.1) is 7.11 Å². The molecule has 0 saturated carbocycles. The Balaban J connectivity index is 4.20. The van der Waals surface area contributed by atoms with Gasteiger partial charge in [0.25, 0.3) is 0 Å². The van der Waals surface area contributed by atoms with Crippen LogP contribution in [0.4, 0.5) is 0 Å². The summed E-state index contributed by atoms with van der Waals surface area (Å²) >= 11 is 0. The van der Waals surface area contributed by atoms with Gasteiger partial charge in [0.2, 0.25) is 0 Å². The SMILES string of the molecule is CCN(CCCO)CC(C)(O)C(=O)OC. The van der Waals surface area contributed by atoms with Gasteiger partial charge in [-0.1, -0.05) is 6.92 Å². The molecule has 0 bridgehead atoms. The van der Waals surface area contributed by atoms with E-state index in [1.807, 2.05) is 11.8 Å². The number of ether oxygens (including phenoxy) is 1. The number of esters is 1. The predicted molar refractivity (Wildman–Crippen MR) is 56.5 cm³/mol. The molecule has 0 rings (SSSR count). The first kappa shape index (κ1) is 14.3. The van der Waals surface area contributed by atoms with Crippen LogP contribution in [0.3, 0.4) is 0 Å². The van der Waals surface area contributed by atoms with Crippen LogP contribution >= 0.6 is 0 Å². The molecule has 0 amide bonds. The van der Waals surface area contributed by atoms with Gasteiger partial charge in [0.15, 0.2) is 5.60 Å². The molecule has 0 aromatic carbocycles. The Kier molecular flexibility index (Phi) is 6.47. The van der Waals surface area contributed by atoms with Crippen molar-refractivity contribution in [3.8, 4) is 0 Å². The van der Waals surface area contributed by atoms with Crippen LogP contribution in [-0.2, 0) is 9.53 Å². The van der Waals surface area contributed by atoms with Crippen LogP contribution in [0.5, 0.6) is 0 Å². The Morgan fingerprint density at radius 3 is 2.53 bits per heavy atom. The highest BCUT2D eigenvalue weighted by molar-refractivity contribution is 5.78. The molecule has 0 radical (unpaired) electrons. The fourth-order valence-corrected chi connectivity index (χ4v) is 1.36. The topological polar surface area (TPSA) is 70.0 Å². The summed E-state index contributed by atoms with van der Waals surface area (Å²) in [5.74, 6) is -0.634. The molecule has 1 unspecified atom stereocenters. The maximum Gasteiger partial charge on any atom is 0.338 e. The highest BCUT2D eigenvalue weighted by Crippen LogP contribution is 2.08. The molecule has 0 fully saturated rings. The Labute approximate surface area is 90.6 Å². The highest BCUT2D eigenvalue weighted by Gasteiger charge is 2.33. The van der Waals surface area contributed by atoms with Crippen molar-refractivity contribution in [2.45, 2.75) is 25.9 Å². The van der Waals surface area contributed by atoms with Gasteiger partial charge < -0.3 is 19.8 Å².